The SMILES string of the molecule is CNC(=O)C1(C)CCN(c2cccc(OC)c2C(C)O)C1. The van der Waals surface area contributed by atoms with Crippen LogP contribution in [0.5, 0.6) is 5.75 Å². The number of carbonyl (C=O) groups excluding carboxylic acids is 1. The van der Waals surface area contributed by atoms with Gasteiger partial charge in [-0.25, -0.2) is 0 Å². The molecule has 2 rings (SSSR count). The molecule has 5 nitrogen and oxygen atoms in total. The summed E-state index contributed by atoms with van der Waals surface area (Å²) in [6.45, 7) is 5.14. The van der Waals surface area contributed by atoms with Crippen molar-refractivity contribution in [3.05, 3.63) is 23.8 Å². The minimum Gasteiger partial charge on any atom is -0.496 e. The Kier molecular flexibility index (Phi) is 4.42. The Hall–Kier alpha value is -1.75. The number of nitrogens with one attached hydrogen (secondary N) is 1. The average Bonchev–Trinajstić information content (AvgIpc) is 2.89. The van der Waals surface area contributed by atoms with Crippen LogP contribution in [0.2, 0.25) is 0 Å². The lowest BCUT2D eigenvalue weighted by atomic mass is 9.89. The molecule has 1 fully saturated rings. The molecule has 2 atom stereocenters. The zero-order valence-electron chi connectivity index (χ0n) is 13.1. The van der Waals surface area contributed by atoms with Crippen molar-refractivity contribution in [1.82, 2.24) is 5.32 Å². The van der Waals surface area contributed by atoms with Gasteiger partial charge in [-0.3, -0.25) is 4.79 Å². The van der Waals surface area contributed by atoms with Gasteiger partial charge in [0.25, 0.3) is 0 Å². The molecule has 0 bridgehead atoms. The summed E-state index contributed by atoms with van der Waals surface area (Å²) in [7, 11) is 3.27. The third-order valence-electron chi connectivity index (χ3n) is 4.27. The molecule has 1 aliphatic rings. The summed E-state index contributed by atoms with van der Waals surface area (Å²) in [4.78, 5) is 14.2. The van der Waals surface area contributed by atoms with Gasteiger partial charge in [0.1, 0.15) is 5.75 Å². The van der Waals surface area contributed by atoms with Crippen molar-refractivity contribution in [2.24, 2.45) is 5.41 Å². The highest BCUT2D eigenvalue weighted by Crippen LogP contribution is 2.39. The molecule has 0 spiro atoms. The molecule has 0 saturated carbocycles. The summed E-state index contributed by atoms with van der Waals surface area (Å²) in [5.41, 5.74) is 1.33. The first-order valence-corrected chi connectivity index (χ1v) is 7.25. The van der Waals surface area contributed by atoms with Crippen molar-refractivity contribution < 1.29 is 14.6 Å². The Morgan fingerprint density at radius 3 is 2.81 bits per heavy atom. The molecule has 1 aliphatic heterocycles. The molecule has 1 saturated heterocycles. The number of hydrogen-bond acceptors (Lipinski definition) is 4. The maximum absolute atomic E-state index is 12.0. The standard InChI is InChI=1S/C16H24N2O3/c1-11(19)14-12(6-5-7-13(14)21-4)18-9-8-16(2,10-18)15(20)17-3/h5-7,11,19H,8-10H2,1-4H3,(H,17,20). The van der Waals surface area contributed by atoms with E-state index in [1.54, 1.807) is 21.1 Å². The molecule has 5 heteroatoms. The van der Waals surface area contributed by atoms with Crippen molar-refractivity contribution in [3.8, 4) is 5.75 Å². The Bertz CT molecular complexity index is 530. The molecule has 21 heavy (non-hydrogen) atoms. The van der Waals surface area contributed by atoms with Gasteiger partial charge in [0, 0.05) is 31.4 Å². The summed E-state index contributed by atoms with van der Waals surface area (Å²) in [6.07, 6.45) is 0.173. The molecule has 0 aliphatic carbocycles. The maximum atomic E-state index is 12.0. The van der Waals surface area contributed by atoms with Gasteiger partial charge in [-0.1, -0.05) is 6.07 Å². The average molecular weight is 292 g/mol. The van der Waals surface area contributed by atoms with E-state index in [1.165, 1.54) is 0 Å². The van der Waals surface area contributed by atoms with Crippen LogP contribution in [0.25, 0.3) is 0 Å². The number of nitrogens with zero attached hydrogens (tertiary/aromatic N) is 1. The lowest BCUT2D eigenvalue weighted by Crippen LogP contribution is -2.39. The van der Waals surface area contributed by atoms with Gasteiger partial charge in [-0.15, -0.1) is 0 Å². The van der Waals surface area contributed by atoms with Crippen molar-refractivity contribution in [1.29, 1.82) is 0 Å². The third kappa shape index (κ3) is 2.83. The number of aliphatic hydroxyl groups excluding tert-OH is 1. The highest BCUT2D eigenvalue weighted by atomic mass is 16.5. The van der Waals surface area contributed by atoms with E-state index in [-0.39, 0.29) is 5.91 Å². The van der Waals surface area contributed by atoms with Crippen molar-refractivity contribution in [2.45, 2.75) is 26.4 Å². The second kappa shape index (κ2) is 5.93. The van der Waals surface area contributed by atoms with Crippen molar-refractivity contribution in [2.75, 3.05) is 32.1 Å². The summed E-state index contributed by atoms with van der Waals surface area (Å²) >= 11 is 0. The smallest absolute Gasteiger partial charge is 0.227 e. The fourth-order valence-electron chi connectivity index (χ4n) is 3.06. The zero-order valence-corrected chi connectivity index (χ0v) is 13.1. The largest absolute Gasteiger partial charge is 0.496 e. The van der Waals surface area contributed by atoms with Crippen molar-refractivity contribution in [3.63, 3.8) is 0 Å². The van der Waals surface area contributed by atoms with Crippen LogP contribution in [-0.2, 0) is 4.79 Å². The Balaban J connectivity index is 2.34. The minimum absolute atomic E-state index is 0.0616. The van der Waals surface area contributed by atoms with Crippen LogP contribution in [-0.4, -0.2) is 38.3 Å². The van der Waals surface area contributed by atoms with E-state index in [4.69, 9.17) is 4.74 Å². The van der Waals surface area contributed by atoms with Gasteiger partial charge < -0.3 is 20.1 Å². The molecule has 1 amide bonds. The topological polar surface area (TPSA) is 61.8 Å². The molecule has 2 unspecified atom stereocenters. The van der Waals surface area contributed by atoms with E-state index < -0.39 is 11.5 Å². The van der Waals surface area contributed by atoms with Crippen LogP contribution >= 0.6 is 0 Å². The third-order valence-corrected chi connectivity index (χ3v) is 4.27. The molecule has 1 heterocycles. The predicted molar refractivity (Wildman–Crippen MR) is 82.6 cm³/mol. The van der Waals surface area contributed by atoms with Crippen LogP contribution < -0.4 is 15.0 Å². The molecular weight excluding hydrogens is 268 g/mol. The first-order chi connectivity index (χ1) is 9.92. The van der Waals surface area contributed by atoms with Crippen LogP contribution in [0.4, 0.5) is 5.69 Å². The zero-order chi connectivity index (χ0) is 15.6. The highest BCUT2D eigenvalue weighted by molar-refractivity contribution is 5.83. The Morgan fingerprint density at radius 1 is 1.52 bits per heavy atom. The molecule has 0 aromatic heterocycles. The number of amides is 1. The molecule has 1 aromatic carbocycles. The lowest BCUT2D eigenvalue weighted by Gasteiger charge is -2.27. The van der Waals surface area contributed by atoms with E-state index in [9.17, 15) is 9.90 Å². The van der Waals surface area contributed by atoms with Gasteiger partial charge in [0.2, 0.25) is 5.91 Å². The van der Waals surface area contributed by atoms with E-state index in [2.05, 4.69) is 10.2 Å². The van der Waals surface area contributed by atoms with Gasteiger partial charge in [0.15, 0.2) is 0 Å². The summed E-state index contributed by atoms with van der Waals surface area (Å²) in [5, 5.41) is 12.8. The first kappa shape index (κ1) is 15.6. The predicted octanol–water partition coefficient (Wildman–Crippen LogP) is 1.71. The van der Waals surface area contributed by atoms with Gasteiger partial charge in [-0.05, 0) is 32.4 Å². The summed E-state index contributed by atoms with van der Waals surface area (Å²) < 4.78 is 5.36. The number of aliphatic hydroxyl groups is 1. The second-order valence-corrected chi connectivity index (χ2v) is 5.88. The Morgan fingerprint density at radius 2 is 2.24 bits per heavy atom. The van der Waals surface area contributed by atoms with E-state index in [0.717, 1.165) is 24.2 Å². The maximum Gasteiger partial charge on any atom is 0.227 e. The fraction of sp³-hybridized carbons (Fsp3) is 0.562. The summed E-state index contributed by atoms with van der Waals surface area (Å²) in [6, 6.07) is 5.73. The van der Waals surface area contributed by atoms with E-state index in [0.29, 0.717) is 12.3 Å². The Labute approximate surface area is 125 Å². The number of benzene rings is 1. The number of hydrogen-bond donors (Lipinski definition) is 2. The van der Waals surface area contributed by atoms with Crippen LogP contribution in [0, 0.1) is 5.41 Å². The molecule has 0 radical (unpaired) electrons. The van der Waals surface area contributed by atoms with Gasteiger partial charge in [-0.2, -0.15) is 0 Å². The number of rotatable bonds is 4. The van der Waals surface area contributed by atoms with E-state index in [1.807, 2.05) is 25.1 Å². The summed E-state index contributed by atoms with van der Waals surface area (Å²) in [5.74, 6) is 0.738. The molecular formula is C16H24N2O3. The normalized spacial score (nSPS) is 23.0. The molecule has 116 valence electrons. The first-order valence-electron chi connectivity index (χ1n) is 7.25. The molecule has 2 N–H and O–H groups in total. The van der Waals surface area contributed by atoms with Gasteiger partial charge >= 0.3 is 0 Å². The number of anilines is 1. The van der Waals surface area contributed by atoms with E-state index >= 15 is 0 Å². The number of ether oxygens (including phenoxy) is 1. The van der Waals surface area contributed by atoms with Crippen LogP contribution in [0.3, 0.4) is 0 Å². The number of carbonyl (C=O) groups is 1. The number of methoxy groups -OCH3 is 1. The quantitative estimate of drug-likeness (QED) is 0.887. The minimum atomic E-state index is -0.622. The van der Waals surface area contributed by atoms with Crippen LogP contribution in [0.15, 0.2) is 18.2 Å². The van der Waals surface area contributed by atoms with Crippen molar-refractivity contribution >= 4 is 11.6 Å². The fourth-order valence-corrected chi connectivity index (χ4v) is 3.06. The van der Waals surface area contributed by atoms with Gasteiger partial charge in [0.05, 0.1) is 18.6 Å². The molecule has 1 aromatic rings. The highest BCUT2D eigenvalue weighted by Gasteiger charge is 2.40. The monoisotopic (exact) mass is 292 g/mol. The lowest BCUT2D eigenvalue weighted by molar-refractivity contribution is -0.128. The van der Waals surface area contributed by atoms with Crippen LogP contribution in [0.1, 0.15) is 31.9 Å². The second-order valence-electron chi connectivity index (χ2n) is 5.88.